The average molecular weight is 312 g/mol. The summed E-state index contributed by atoms with van der Waals surface area (Å²) in [5.41, 5.74) is 4.80. The van der Waals surface area contributed by atoms with Crippen LogP contribution in [0.1, 0.15) is 49.4 Å². The summed E-state index contributed by atoms with van der Waals surface area (Å²) in [5, 5.41) is 3.16. The molecule has 0 fully saturated rings. The van der Waals surface area contributed by atoms with Crippen molar-refractivity contribution in [2.75, 3.05) is 0 Å². The zero-order valence-corrected chi connectivity index (χ0v) is 14.1. The van der Waals surface area contributed by atoms with Crippen LogP contribution in [0.25, 0.3) is 17.0 Å². The Kier molecular flexibility index (Phi) is 4.37. The molecule has 0 amide bonds. The molecule has 0 spiro atoms. The van der Waals surface area contributed by atoms with Gasteiger partial charge in [0.15, 0.2) is 0 Å². The number of imidazole rings is 1. The molecule has 0 aliphatic heterocycles. The van der Waals surface area contributed by atoms with Crippen molar-refractivity contribution >= 4 is 11.0 Å². The first-order valence-electron chi connectivity index (χ1n) is 8.37. The third-order valence-corrected chi connectivity index (χ3v) is 4.31. The summed E-state index contributed by atoms with van der Waals surface area (Å²) >= 11 is 0. The molecule has 0 unspecified atom stereocenters. The molecule has 1 aromatic carbocycles. The lowest BCUT2D eigenvalue weighted by molar-refractivity contribution is 0.664. The molecule has 3 rings (SSSR count). The van der Waals surface area contributed by atoms with E-state index in [0.717, 1.165) is 35.1 Å². The van der Waals surface area contributed by atoms with Gasteiger partial charge in [-0.2, -0.15) is 4.68 Å². The van der Waals surface area contributed by atoms with E-state index in [1.807, 2.05) is 32.0 Å². The Balaban J connectivity index is 1.91. The normalized spacial score (nSPS) is 11.4. The second-order valence-electron chi connectivity index (χ2n) is 6.25. The number of nitrogens with one attached hydrogen (secondary N) is 2. The summed E-state index contributed by atoms with van der Waals surface area (Å²) in [6.45, 7) is 6.19. The van der Waals surface area contributed by atoms with Crippen molar-refractivity contribution in [2.24, 2.45) is 0 Å². The maximum atomic E-state index is 12.7. The Morgan fingerprint density at radius 3 is 2.78 bits per heavy atom. The number of hydrogen-bond donors (Lipinski definition) is 2. The molecule has 0 aliphatic carbocycles. The molecule has 2 heterocycles. The highest BCUT2D eigenvalue weighted by Gasteiger charge is 2.14. The number of fused-ring (bicyclic) bond motifs is 1. The predicted molar refractivity (Wildman–Crippen MR) is 93.4 cm³/mol. The molecular weight excluding hydrogens is 288 g/mol. The molecule has 5 heteroatoms. The third kappa shape index (κ3) is 3.09. The number of rotatable bonds is 6. The molecule has 0 atom stereocenters. The van der Waals surface area contributed by atoms with Crippen LogP contribution in [0.2, 0.25) is 0 Å². The van der Waals surface area contributed by atoms with Gasteiger partial charge in [0.05, 0.1) is 11.0 Å². The van der Waals surface area contributed by atoms with E-state index in [1.165, 1.54) is 29.5 Å². The largest absolute Gasteiger partial charge is 0.322 e. The average Bonchev–Trinajstić information content (AvgIpc) is 3.05. The van der Waals surface area contributed by atoms with Gasteiger partial charge in [-0.1, -0.05) is 32.3 Å². The fraction of sp³-hybridized carbons (Fsp3) is 0.444. The number of unbranched alkanes of at least 4 members (excludes halogenated alkanes) is 3. The van der Waals surface area contributed by atoms with Crippen molar-refractivity contribution in [3.05, 3.63) is 45.4 Å². The van der Waals surface area contributed by atoms with E-state index in [1.54, 1.807) is 0 Å². The highest BCUT2D eigenvalue weighted by Crippen LogP contribution is 2.15. The topological polar surface area (TPSA) is 66.5 Å². The number of aromatic nitrogens is 4. The van der Waals surface area contributed by atoms with Crippen LogP contribution in [-0.4, -0.2) is 19.7 Å². The lowest BCUT2D eigenvalue weighted by Crippen LogP contribution is -2.18. The van der Waals surface area contributed by atoms with Crippen LogP contribution in [0.4, 0.5) is 0 Å². The van der Waals surface area contributed by atoms with Crippen LogP contribution in [0, 0.1) is 13.8 Å². The molecule has 0 aliphatic rings. The number of nitrogens with zero attached hydrogens (tertiary/aromatic N) is 2. The maximum Gasteiger partial charge on any atom is 0.277 e. The fourth-order valence-corrected chi connectivity index (χ4v) is 2.97. The Hall–Kier alpha value is -2.30. The van der Waals surface area contributed by atoms with Gasteiger partial charge in [-0.25, -0.2) is 4.98 Å². The van der Waals surface area contributed by atoms with Crippen LogP contribution in [0.15, 0.2) is 23.0 Å². The van der Waals surface area contributed by atoms with Crippen LogP contribution >= 0.6 is 0 Å². The first kappa shape index (κ1) is 15.6. The van der Waals surface area contributed by atoms with Gasteiger partial charge in [0, 0.05) is 11.3 Å². The minimum Gasteiger partial charge on any atom is -0.322 e. The van der Waals surface area contributed by atoms with Gasteiger partial charge in [0.1, 0.15) is 0 Å². The Morgan fingerprint density at radius 2 is 2.00 bits per heavy atom. The molecule has 122 valence electrons. The number of aromatic amines is 2. The molecule has 0 saturated heterocycles. The SMILES string of the molecule is CCCCCCc1c(C)[nH]n(-c2nc3ccc(C)cc3[nH]2)c1=O. The molecule has 3 aromatic rings. The molecule has 5 nitrogen and oxygen atoms in total. The summed E-state index contributed by atoms with van der Waals surface area (Å²) in [7, 11) is 0. The van der Waals surface area contributed by atoms with Gasteiger partial charge < -0.3 is 4.98 Å². The number of benzene rings is 1. The van der Waals surface area contributed by atoms with Crippen LogP contribution in [-0.2, 0) is 6.42 Å². The number of aryl methyl sites for hydroxylation is 2. The molecule has 2 aromatic heterocycles. The minimum atomic E-state index is 0.00905. The van der Waals surface area contributed by atoms with E-state index >= 15 is 0 Å². The van der Waals surface area contributed by atoms with Gasteiger partial charge in [0.25, 0.3) is 5.56 Å². The number of H-pyrrole nitrogens is 2. The van der Waals surface area contributed by atoms with E-state index in [2.05, 4.69) is 22.0 Å². The van der Waals surface area contributed by atoms with E-state index in [4.69, 9.17) is 0 Å². The standard InChI is InChI=1S/C18H24N4O/c1-4-5-6-7-8-14-13(3)21-22(17(14)23)18-19-15-10-9-12(2)11-16(15)20-18/h9-11,21H,4-8H2,1-3H3,(H,19,20). The summed E-state index contributed by atoms with van der Waals surface area (Å²) < 4.78 is 1.53. The van der Waals surface area contributed by atoms with Gasteiger partial charge >= 0.3 is 0 Å². The third-order valence-electron chi connectivity index (χ3n) is 4.31. The quantitative estimate of drug-likeness (QED) is 0.680. The smallest absolute Gasteiger partial charge is 0.277 e. The monoisotopic (exact) mass is 312 g/mol. The molecule has 0 radical (unpaired) electrons. The summed E-state index contributed by atoms with van der Waals surface area (Å²) in [6.07, 6.45) is 5.48. The lowest BCUT2D eigenvalue weighted by Gasteiger charge is -1.97. The summed E-state index contributed by atoms with van der Waals surface area (Å²) in [4.78, 5) is 20.4. The van der Waals surface area contributed by atoms with Gasteiger partial charge in [-0.05, 0) is 44.4 Å². The van der Waals surface area contributed by atoms with Crippen molar-refractivity contribution in [2.45, 2.75) is 52.9 Å². The van der Waals surface area contributed by atoms with Crippen molar-refractivity contribution in [1.82, 2.24) is 19.7 Å². The molecule has 0 saturated carbocycles. The number of hydrogen-bond acceptors (Lipinski definition) is 2. The molecular formula is C18H24N4O. The van der Waals surface area contributed by atoms with Crippen molar-refractivity contribution < 1.29 is 0 Å². The first-order valence-corrected chi connectivity index (χ1v) is 8.37. The van der Waals surface area contributed by atoms with E-state index < -0.39 is 0 Å². The highest BCUT2D eigenvalue weighted by atomic mass is 16.1. The van der Waals surface area contributed by atoms with Crippen molar-refractivity contribution in [3.63, 3.8) is 0 Å². The maximum absolute atomic E-state index is 12.7. The van der Waals surface area contributed by atoms with E-state index in [9.17, 15) is 4.79 Å². The molecule has 23 heavy (non-hydrogen) atoms. The van der Waals surface area contributed by atoms with Crippen molar-refractivity contribution in [1.29, 1.82) is 0 Å². The second kappa shape index (κ2) is 6.44. The van der Waals surface area contributed by atoms with E-state index in [0.29, 0.717) is 5.95 Å². The summed E-state index contributed by atoms with van der Waals surface area (Å²) in [5.74, 6) is 0.554. The summed E-state index contributed by atoms with van der Waals surface area (Å²) in [6, 6.07) is 6.03. The Labute approximate surface area is 135 Å². The zero-order valence-electron chi connectivity index (χ0n) is 14.1. The van der Waals surface area contributed by atoms with Gasteiger partial charge in [0.2, 0.25) is 5.95 Å². The fourth-order valence-electron chi connectivity index (χ4n) is 2.97. The van der Waals surface area contributed by atoms with Gasteiger partial charge in [-0.15, -0.1) is 0 Å². The van der Waals surface area contributed by atoms with Gasteiger partial charge in [-0.3, -0.25) is 9.89 Å². The lowest BCUT2D eigenvalue weighted by atomic mass is 10.1. The van der Waals surface area contributed by atoms with Crippen LogP contribution in [0.5, 0.6) is 0 Å². The van der Waals surface area contributed by atoms with E-state index in [-0.39, 0.29) is 5.56 Å². The zero-order chi connectivity index (χ0) is 16.4. The predicted octanol–water partition coefficient (Wildman–Crippen LogP) is 3.78. The molecule has 0 bridgehead atoms. The molecule has 2 N–H and O–H groups in total. The Bertz CT molecular complexity index is 869. The minimum absolute atomic E-state index is 0.00905. The van der Waals surface area contributed by atoms with Crippen LogP contribution < -0.4 is 5.56 Å². The van der Waals surface area contributed by atoms with Crippen LogP contribution in [0.3, 0.4) is 0 Å². The second-order valence-corrected chi connectivity index (χ2v) is 6.25. The Morgan fingerprint density at radius 1 is 1.17 bits per heavy atom. The first-order chi connectivity index (χ1) is 11.1. The highest BCUT2D eigenvalue weighted by molar-refractivity contribution is 5.76. The van der Waals surface area contributed by atoms with Crippen molar-refractivity contribution in [3.8, 4) is 5.95 Å².